The lowest BCUT2D eigenvalue weighted by Crippen LogP contribution is -2.21. The number of anilines is 1. The van der Waals surface area contributed by atoms with Gasteiger partial charge in [-0.1, -0.05) is 5.21 Å². The van der Waals surface area contributed by atoms with Crippen LogP contribution in [-0.4, -0.2) is 27.3 Å². The fourth-order valence-electron chi connectivity index (χ4n) is 1.97. The summed E-state index contributed by atoms with van der Waals surface area (Å²) in [5.41, 5.74) is 13.5. The molecule has 0 unspecified atom stereocenters. The molecule has 7 heteroatoms. The van der Waals surface area contributed by atoms with Crippen molar-refractivity contribution in [2.75, 3.05) is 5.73 Å². The molecule has 2 rings (SSSR count). The van der Waals surface area contributed by atoms with Gasteiger partial charge in [-0.15, -0.1) is 5.10 Å². The molecule has 0 aliphatic carbocycles. The molecule has 21 heavy (non-hydrogen) atoms. The van der Waals surface area contributed by atoms with Gasteiger partial charge in [-0.25, -0.2) is 0 Å². The lowest BCUT2D eigenvalue weighted by Gasteiger charge is -2.03. The zero-order valence-electron chi connectivity index (χ0n) is 11.4. The quantitative estimate of drug-likeness (QED) is 0.594. The first-order valence-corrected chi connectivity index (χ1v) is 6.55. The lowest BCUT2D eigenvalue weighted by atomic mass is 10.1. The summed E-state index contributed by atoms with van der Waals surface area (Å²) in [4.78, 5) is 10.4. The van der Waals surface area contributed by atoms with E-state index in [1.165, 1.54) is 0 Å². The summed E-state index contributed by atoms with van der Waals surface area (Å²) in [6.45, 7) is 0.616. The minimum atomic E-state index is -0.435. The first-order chi connectivity index (χ1) is 10.1. The Morgan fingerprint density at radius 2 is 2.29 bits per heavy atom. The van der Waals surface area contributed by atoms with Gasteiger partial charge >= 0.3 is 0 Å². The predicted molar refractivity (Wildman–Crippen MR) is 77.9 cm³/mol. The zero-order chi connectivity index (χ0) is 15.2. The van der Waals surface area contributed by atoms with E-state index in [0.717, 1.165) is 12.7 Å². The van der Waals surface area contributed by atoms with Crippen molar-refractivity contribution in [2.24, 2.45) is 5.73 Å². The van der Waals surface area contributed by atoms with Crippen LogP contribution in [0, 0.1) is 11.3 Å². The van der Waals surface area contributed by atoms with Crippen molar-refractivity contribution in [1.82, 2.24) is 15.0 Å². The molecule has 108 valence electrons. The van der Waals surface area contributed by atoms with E-state index in [4.69, 9.17) is 16.7 Å². The van der Waals surface area contributed by atoms with Crippen LogP contribution in [0.25, 0.3) is 11.3 Å². The van der Waals surface area contributed by atoms with Crippen molar-refractivity contribution in [3.63, 3.8) is 0 Å². The second kappa shape index (κ2) is 6.63. The molecule has 0 saturated heterocycles. The number of carbonyl (C=O) groups is 1. The van der Waals surface area contributed by atoms with Crippen LogP contribution in [0.2, 0.25) is 0 Å². The highest BCUT2D eigenvalue weighted by molar-refractivity contribution is 5.69. The van der Waals surface area contributed by atoms with Crippen molar-refractivity contribution in [2.45, 2.75) is 25.4 Å². The number of nitrogen functional groups attached to an aromatic ring is 1. The summed E-state index contributed by atoms with van der Waals surface area (Å²) in [5.74, 6) is 0. The van der Waals surface area contributed by atoms with Crippen LogP contribution < -0.4 is 11.5 Å². The molecule has 0 fully saturated rings. The molecule has 1 aromatic carbocycles. The highest BCUT2D eigenvalue weighted by atomic mass is 16.1. The van der Waals surface area contributed by atoms with E-state index < -0.39 is 6.04 Å². The molecule has 0 spiro atoms. The molecule has 7 nitrogen and oxygen atoms in total. The maximum atomic E-state index is 10.4. The van der Waals surface area contributed by atoms with Gasteiger partial charge in [0.25, 0.3) is 0 Å². The van der Waals surface area contributed by atoms with Gasteiger partial charge < -0.3 is 16.3 Å². The van der Waals surface area contributed by atoms with Crippen LogP contribution in [0.3, 0.4) is 0 Å². The highest BCUT2D eigenvalue weighted by Crippen LogP contribution is 2.23. The normalized spacial score (nSPS) is 11.8. The van der Waals surface area contributed by atoms with Gasteiger partial charge in [0.15, 0.2) is 0 Å². The van der Waals surface area contributed by atoms with Crippen LogP contribution in [0.4, 0.5) is 5.69 Å². The zero-order valence-corrected chi connectivity index (χ0v) is 11.4. The van der Waals surface area contributed by atoms with E-state index in [1.807, 2.05) is 0 Å². The van der Waals surface area contributed by atoms with Gasteiger partial charge in [-0.05, 0) is 31.0 Å². The van der Waals surface area contributed by atoms with E-state index in [9.17, 15) is 4.79 Å². The number of hydrogen-bond acceptors (Lipinski definition) is 6. The number of benzene rings is 1. The molecule has 0 aliphatic heterocycles. The first kappa shape index (κ1) is 14.7. The van der Waals surface area contributed by atoms with Crippen molar-refractivity contribution >= 4 is 12.0 Å². The lowest BCUT2D eigenvalue weighted by molar-refractivity contribution is -0.109. The third-order valence-corrected chi connectivity index (χ3v) is 3.08. The summed E-state index contributed by atoms with van der Waals surface area (Å²) in [5, 5.41) is 17.2. The van der Waals surface area contributed by atoms with Crippen LogP contribution in [-0.2, 0) is 11.3 Å². The number of aldehydes is 1. The number of rotatable bonds is 6. The number of aryl methyl sites for hydroxylation is 1. The topological polar surface area (TPSA) is 124 Å². The number of nitrogens with zero attached hydrogens (tertiary/aromatic N) is 4. The van der Waals surface area contributed by atoms with Crippen LogP contribution in [0.5, 0.6) is 0 Å². The molecule has 1 heterocycles. The maximum absolute atomic E-state index is 10.4. The van der Waals surface area contributed by atoms with Crippen molar-refractivity contribution in [3.05, 3.63) is 30.0 Å². The molecule has 0 aliphatic rings. The Bertz CT molecular complexity index is 672. The molecule has 2 aromatic rings. The number of nitrogens with two attached hydrogens (primary N) is 2. The van der Waals surface area contributed by atoms with Gasteiger partial charge in [0, 0.05) is 17.8 Å². The Morgan fingerprint density at radius 3 is 3.00 bits per heavy atom. The highest BCUT2D eigenvalue weighted by Gasteiger charge is 2.10. The third kappa shape index (κ3) is 3.64. The number of nitriles is 1. The largest absolute Gasteiger partial charge is 0.399 e. The van der Waals surface area contributed by atoms with Crippen LogP contribution in [0.1, 0.15) is 18.4 Å². The second-order valence-electron chi connectivity index (χ2n) is 4.73. The number of hydrogen-bond donors (Lipinski definition) is 2. The van der Waals surface area contributed by atoms with Crippen LogP contribution in [0.15, 0.2) is 24.4 Å². The molecule has 1 aromatic heterocycles. The van der Waals surface area contributed by atoms with E-state index >= 15 is 0 Å². The first-order valence-electron chi connectivity index (χ1n) is 6.55. The molecular weight excluding hydrogens is 268 g/mol. The van der Waals surface area contributed by atoms with E-state index in [0.29, 0.717) is 35.5 Å². The fraction of sp³-hybridized carbons (Fsp3) is 0.286. The van der Waals surface area contributed by atoms with E-state index in [-0.39, 0.29) is 0 Å². The van der Waals surface area contributed by atoms with Gasteiger partial charge in [-0.3, -0.25) is 4.68 Å². The van der Waals surface area contributed by atoms with Gasteiger partial charge in [0.05, 0.1) is 23.9 Å². The van der Waals surface area contributed by atoms with Crippen molar-refractivity contribution < 1.29 is 4.79 Å². The van der Waals surface area contributed by atoms with Gasteiger partial charge in [-0.2, -0.15) is 5.26 Å². The molecule has 0 saturated carbocycles. The van der Waals surface area contributed by atoms with Gasteiger partial charge in [0.1, 0.15) is 12.0 Å². The Labute approximate surface area is 122 Å². The number of aromatic nitrogens is 3. The Kier molecular flexibility index (Phi) is 4.64. The minimum absolute atomic E-state index is 0.435. The molecule has 4 N–H and O–H groups in total. The Balaban J connectivity index is 2.10. The van der Waals surface area contributed by atoms with Gasteiger partial charge in [0.2, 0.25) is 0 Å². The average molecular weight is 284 g/mol. The molecule has 0 bridgehead atoms. The van der Waals surface area contributed by atoms with Crippen LogP contribution >= 0.6 is 0 Å². The molecular formula is C14H16N6O. The average Bonchev–Trinajstić information content (AvgIpc) is 2.95. The standard InChI is InChI=1S/C14H16N6O/c15-7-10-6-11(16)3-4-13(10)14-8-20(19-18-14)5-1-2-12(17)9-21/h3-4,6,8-9,12H,1-2,5,16-17H2/t12-/m0/s1. The molecule has 0 radical (unpaired) electrons. The third-order valence-electron chi connectivity index (χ3n) is 3.08. The van der Waals surface area contributed by atoms with Crippen molar-refractivity contribution in [1.29, 1.82) is 5.26 Å². The minimum Gasteiger partial charge on any atom is -0.399 e. The molecule has 1 atom stereocenters. The Hall–Kier alpha value is -2.72. The summed E-state index contributed by atoms with van der Waals surface area (Å²) < 4.78 is 1.67. The smallest absolute Gasteiger partial charge is 0.136 e. The predicted octanol–water partition coefficient (Wildman–Crippen LogP) is 0.705. The summed E-state index contributed by atoms with van der Waals surface area (Å²) in [6.07, 6.45) is 3.83. The second-order valence-corrected chi connectivity index (χ2v) is 4.73. The van der Waals surface area contributed by atoms with E-state index in [1.54, 1.807) is 29.1 Å². The summed E-state index contributed by atoms with van der Waals surface area (Å²) in [7, 11) is 0. The Morgan fingerprint density at radius 1 is 1.48 bits per heavy atom. The van der Waals surface area contributed by atoms with Crippen molar-refractivity contribution in [3.8, 4) is 17.3 Å². The van der Waals surface area contributed by atoms with E-state index in [2.05, 4.69) is 16.4 Å². The molecule has 0 amide bonds. The summed E-state index contributed by atoms with van der Waals surface area (Å²) >= 11 is 0. The number of carbonyl (C=O) groups excluding carboxylic acids is 1. The maximum Gasteiger partial charge on any atom is 0.136 e. The SMILES string of the molecule is N#Cc1cc(N)ccc1-c1cn(CCC[C@H](N)C=O)nn1. The summed E-state index contributed by atoms with van der Waals surface area (Å²) in [6, 6.07) is 6.75. The monoisotopic (exact) mass is 284 g/mol. The fourth-order valence-corrected chi connectivity index (χ4v) is 1.97.